The number of hydrogen-bond donors (Lipinski definition) is 1. The molecule has 0 aliphatic carbocycles. The zero-order valence-corrected chi connectivity index (χ0v) is 12.0. The fourth-order valence-electron chi connectivity index (χ4n) is 2.26. The minimum atomic E-state index is 0.683. The maximum Gasteiger partial charge on any atom is 0.0464 e. The van der Waals surface area contributed by atoms with Gasteiger partial charge >= 0.3 is 0 Å². The van der Waals surface area contributed by atoms with E-state index in [9.17, 15) is 0 Å². The van der Waals surface area contributed by atoms with E-state index in [0.717, 1.165) is 32.5 Å². The lowest BCUT2D eigenvalue weighted by Gasteiger charge is -2.24. The van der Waals surface area contributed by atoms with E-state index in [4.69, 9.17) is 4.74 Å². The van der Waals surface area contributed by atoms with Crippen molar-refractivity contribution in [2.45, 2.75) is 26.7 Å². The molecule has 0 bridgehead atoms. The average molecular weight is 249 g/mol. The molecule has 0 radical (unpaired) electrons. The van der Waals surface area contributed by atoms with E-state index in [0.29, 0.717) is 11.8 Å². The molecule has 1 aromatic carbocycles. The minimum absolute atomic E-state index is 0.683. The molecule has 1 aromatic rings. The molecule has 0 aliphatic heterocycles. The number of ether oxygens (including phenoxy) is 1. The van der Waals surface area contributed by atoms with E-state index in [1.807, 2.05) is 0 Å². The second kappa shape index (κ2) is 9.12. The Bertz CT molecular complexity index is 299. The molecule has 2 heteroatoms. The summed E-state index contributed by atoms with van der Waals surface area (Å²) in [4.78, 5) is 0. The lowest BCUT2D eigenvalue weighted by molar-refractivity contribution is 0.164. The lowest BCUT2D eigenvalue weighted by Crippen LogP contribution is -2.29. The third kappa shape index (κ3) is 5.65. The Kier molecular flexibility index (Phi) is 7.70. The summed E-state index contributed by atoms with van der Waals surface area (Å²) >= 11 is 0. The van der Waals surface area contributed by atoms with Gasteiger partial charge in [0.1, 0.15) is 0 Å². The Morgan fingerprint density at radius 1 is 1.22 bits per heavy atom. The van der Waals surface area contributed by atoms with Crippen LogP contribution in [0.2, 0.25) is 0 Å². The molecule has 0 heterocycles. The Morgan fingerprint density at radius 2 is 1.94 bits per heavy atom. The van der Waals surface area contributed by atoms with Crippen LogP contribution in [0.25, 0.3) is 0 Å². The van der Waals surface area contributed by atoms with Gasteiger partial charge in [0.15, 0.2) is 0 Å². The van der Waals surface area contributed by atoms with Crippen LogP contribution in [-0.2, 0) is 11.2 Å². The fourth-order valence-corrected chi connectivity index (χ4v) is 2.26. The SMILES string of the molecule is CCNCC(Cc1ccccc1)C(C)CCOC. The molecule has 0 fully saturated rings. The van der Waals surface area contributed by atoms with Crippen molar-refractivity contribution < 1.29 is 4.74 Å². The van der Waals surface area contributed by atoms with E-state index in [2.05, 4.69) is 49.5 Å². The van der Waals surface area contributed by atoms with Gasteiger partial charge in [-0.2, -0.15) is 0 Å². The molecule has 18 heavy (non-hydrogen) atoms. The molecule has 2 unspecified atom stereocenters. The maximum atomic E-state index is 5.20. The monoisotopic (exact) mass is 249 g/mol. The highest BCUT2D eigenvalue weighted by Gasteiger charge is 2.17. The van der Waals surface area contributed by atoms with Gasteiger partial charge in [0.25, 0.3) is 0 Å². The summed E-state index contributed by atoms with van der Waals surface area (Å²) in [6, 6.07) is 10.8. The third-order valence-corrected chi connectivity index (χ3v) is 3.58. The standard InChI is InChI=1S/C16H27NO/c1-4-17-13-16(14(2)10-11-18-3)12-15-8-6-5-7-9-15/h5-9,14,16-17H,4,10-13H2,1-3H3. The predicted octanol–water partition coefficient (Wildman–Crippen LogP) is 3.13. The van der Waals surface area contributed by atoms with Crippen LogP contribution in [0.15, 0.2) is 30.3 Å². The molecule has 0 aliphatic rings. The van der Waals surface area contributed by atoms with Crippen LogP contribution in [0.3, 0.4) is 0 Å². The van der Waals surface area contributed by atoms with E-state index in [1.54, 1.807) is 7.11 Å². The lowest BCUT2D eigenvalue weighted by atomic mass is 9.86. The molecule has 2 atom stereocenters. The van der Waals surface area contributed by atoms with Crippen molar-refractivity contribution in [1.29, 1.82) is 0 Å². The molecule has 102 valence electrons. The second-order valence-electron chi connectivity index (χ2n) is 5.02. The molecule has 0 amide bonds. The molecular formula is C16H27NO. The van der Waals surface area contributed by atoms with Gasteiger partial charge in [0, 0.05) is 13.7 Å². The Morgan fingerprint density at radius 3 is 2.56 bits per heavy atom. The Hall–Kier alpha value is -0.860. The molecule has 0 aromatic heterocycles. The van der Waals surface area contributed by atoms with Gasteiger partial charge < -0.3 is 10.1 Å². The largest absolute Gasteiger partial charge is 0.385 e. The highest BCUT2D eigenvalue weighted by Crippen LogP contribution is 2.20. The summed E-state index contributed by atoms with van der Waals surface area (Å²) in [5.74, 6) is 1.37. The molecule has 0 saturated carbocycles. The van der Waals surface area contributed by atoms with Crippen LogP contribution in [0.5, 0.6) is 0 Å². The summed E-state index contributed by atoms with van der Waals surface area (Å²) in [6.45, 7) is 7.50. The zero-order chi connectivity index (χ0) is 13.2. The van der Waals surface area contributed by atoms with Crippen molar-refractivity contribution in [2.75, 3.05) is 26.8 Å². The van der Waals surface area contributed by atoms with Gasteiger partial charge in [0.2, 0.25) is 0 Å². The quantitative estimate of drug-likeness (QED) is 0.726. The third-order valence-electron chi connectivity index (χ3n) is 3.58. The van der Waals surface area contributed by atoms with Crippen molar-refractivity contribution >= 4 is 0 Å². The smallest absolute Gasteiger partial charge is 0.0464 e. The number of methoxy groups -OCH3 is 1. The van der Waals surface area contributed by atoms with Crippen LogP contribution < -0.4 is 5.32 Å². The zero-order valence-electron chi connectivity index (χ0n) is 12.0. The van der Waals surface area contributed by atoms with Gasteiger partial charge in [-0.1, -0.05) is 44.2 Å². The number of benzene rings is 1. The number of nitrogens with one attached hydrogen (secondary N) is 1. The summed E-state index contributed by atoms with van der Waals surface area (Å²) < 4.78 is 5.20. The molecule has 1 rings (SSSR count). The summed E-state index contributed by atoms with van der Waals surface area (Å²) in [5.41, 5.74) is 1.43. The Balaban J connectivity index is 2.54. The number of hydrogen-bond acceptors (Lipinski definition) is 2. The number of rotatable bonds is 9. The maximum absolute atomic E-state index is 5.20. The highest BCUT2D eigenvalue weighted by atomic mass is 16.5. The van der Waals surface area contributed by atoms with Crippen molar-refractivity contribution in [1.82, 2.24) is 5.32 Å². The predicted molar refractivity (Wildman–Crippen MR) is 77.8 cm³/mol. The molecule has 1 N–H and O–H groups in total. The van der Waals surface area contributed by atoms with E-state index >= 15 is 0 Å². The topological polar surface area (TPSA) is 21.3 Å². The van der Waals surface area contributed by atoms with Crippen molar-refractivity contribution in [3.8, 4) is 0 Å². The second-order valence-corrected chi connectivity index (χ2v) is 5.02. The van der Waals surface area contributed by atoms with Gasteiger partial charge in [0.05, 0.1) is 0 Å². The van der Waals surface area contributed by atoms with Gasteiger partial charge in [-0.25, -0.2) is 0 Å². The van der Waals surface area contributed by atoms with E-state index < -0.39 is 0 Å². The van der Waals surface area contributed by atoms with E-state index in [-0.39, 0.29) is 0 Å². The minimum Gasteiger partial charge on any atom is -0.385 e. The van der Waals surface area contributed by atoms with Gasteiger partial charge in [-0.3, -0.25) is 0 Å². The highest BCUT2D eigenvalue weighted by molar-refractivity contribution is 5.15. The molecule has 0 saturated heterocycles. The van der Waals surface area contributed by atoms with Gasteiger partial charge in [-0.05, 0) is 43.3 Å². The molecule has 2 nitrogen and oxygen atoms in total. The molecule has 0 spiro atoms. The average Bonchev–Trinajstić information content (AvgIpc) is 2.42. The Labute approximate surface area is 112 Å². The summed E-state index contributed by atoms with van der Waals surface area (Å²) in [5, 5.41) is 3.49. The first kappa shape index (κ1) is 15.2. The first-order valence-corrected chi connectivity index (χ1v) is 7.01. The van der Waals surface area contributed by atoms with Crippen LogP contribution in [-0.4, -0.2) is 26.8 Å². The van der Waals surface area contributed by atoms with Crippen LogP contribution in [0, 0.1) is 11.8 Å². The first-order chi connectivity index (χ1) is 8.77. The van der Waals surface area contributed by atoms with Crippen LogP contribution in [0.4, 0.5) is 0 Å². The van der Waals surface area contributed by atoms with Crippen molar-refractivity contribution in [3.05, 3.63) is 35.9 Å². The van der Waals surface area contributed by atoms with Crippen LogP contribution >= 0.6 is 0 Å². The van der Waals surface area contributed by atoms with Crippen molar-refractivity contribution in [2.24, 2.45) is 11.8 Å². The van der Waals surface area contributed by atoms with Crippen LogP contribution in [0.1, 0.15) is 25.8 Å². The van der Waals surface area contributed by atoms with E-state index in [1.165, 1.54) is 5.56 Å². The normalized spacial score (nSPS) is 14.4. The van der Waals surface area contributed by atoms with Crippen molar-refractivity contribution in [3.63, 3.8) is 0 Å². The fraction of sp³-hybridized carbons (Fsp3) is 0.625. The van der Waals surface area contributed by atoms with Gasteiger partial charge in [-0.15, -0.1) is 0 Å². The summed E-state index contributed by atoms with van der Waals surface area (Å²) in [7, 11) is 1.78. The first-order valence-electron chi connectivity index (χ1n) is 7.01. The summed E-state index contributed by atoms with van der Waals surface area (Å²) in [6.07, 6.45) is 2.29. The molecular weight excluding hydrogens is 222 g/mol.